The topological polar surface area (TPSA) is 15.7 Å². The zero-order valence-electron chi connectivity index (χ0n) is 20.5. The molecule has 0 unspecified atom stereocenters. The quantitative estimate of drug-likeness (QED) is 0.274. The molecule has 0 aliphatic carbocycles. The molecule has 4 heteroatoms. The highest BCUT2D eigenvalue weighted by atomic mass is 79.9. The van der Waals surface area contributed by atoms with Crippen LogP contribution >= 0.6 is 15.9 Å². The molecule has 3 aromatic rings. The SMILES string of the molecule is CC(C)CCN(c1ccc(OCc2ccccc2)cc1)C1CCN(Cc2ccc(Br)cc2)CC1. The van der Waals surface area contributed by atoms with Crippen molar-refractivity contribution in [1.29, 1.82) is 0 Å². The molecule has 0 amide bonds. The number of benzene rings is 3. The zero-order chi connectivity index (χ0) is 23.8. The van der Waals surface area contributed by atoms with E-state index in [0.29, 0.717) is 18.6 Å². The largest absolute Gasteiger partial charge is 0.489 e. The summed E-state index contributed by atoms with van der Waals surface area (Å²) in [5.74, 6) is 1.63. The van der Waals surface area contributed by atoms with Crippen molar-refractivity contribution in [3.8, 4) is 5.75 Å². The molecule has 3 nitrogen and oxygen atoms in total. The van der Waals surface area contributed by atoms with Gasteiger partial charge in [0.1, 0.15) is 12.4 Å². The van der Waals surface area contributed by atoms with Crippen molar-refractivity contribution in [3.05, 3.63) is 94.5 Å². The van der Waals surface area contributed by atoms with Crippen molar-refractivity contribution in [3.63, 3.8) is 0 Å². The van der Waals surface area contributed by atoms with Gasteiger partial charge in [0, 0.05) is 42.4 Å². The van der Waals surface area contributed by atoms with Gasteiger partial charge < -0.3 is 9.64 Å². The summed E-state index contributed by atoms with van der Waals surface area (Å²) < 4.78 is 7.17. The summed E-state index contributed by atoms with van der Waals surface area (Å²) in [6.07, 6.45) is 3.63. The third-order valence-corrected chi connectivity index (χ3v) is 7.21. The molecule has 0 aromatic heterocycles. The molecule has 4 rings (SSSR count). The van der Waals surface area contributed by atoms with E-state index in [4.69, 9.17) is 4.74 Å². The Morgan fingerprint density at radius 3 is 2.21 bits per heavy atom. The van der Waals surface area contributed by atoms with Crippen molar-refractivity contribution in [1.82, 2.24) is 4.90 Å². The van der Waals surface area contributed by atoms with Crippen LogP contribution in [-0.2, 0) is 13.2 Å². The van der Waals surface area contributed by atoms with Crippen LogP contribution in [0.15, 0.2) is 83.3 Å². The molecule has 1 saturated heterocycles. The minimum absolute atomic E-state index is 0.594. The third kappa shape index (κ3) is 7.35. The van der Waals surface area contributed by atoms with Crippen LogP contribution in [0.4, 0.5) is 5.69 Å². The van der Waals surface area contributed by atoms with Gasteiger partial charge in [-0.25, -0.2) is 0 Å². The summed E-state index contributed by atoms with van der Waals surface area (Å²) in [5.41, 5.74) is 3.91. The number of anilines is 1. The summed E-state index contributed by atoms with van der Waals surface area (Å²) in [7, 11) is 0. The second-order valence-corrected chi connectivity index (χ2v) is 10.7. The molecule has 34 heavy (non-hydrogen) atoms. The number of rotatable bonds is 10. The molecule has 0 atom stereocenters. The molecule has 1 aliphatic rings. The van der Waals surface area contributed by atoms with E-state index in [-0.39, 0.29) is 0 Å². The smallest absolute Gasteiger partial charge is 0.119 e. The molecule has 0 N–H and O–H groups in total. The molecule has 1 fully saturated rings. The Bertz CT molecular complexity index is 981. The number of hydrogen-bond acceptors (Lipinski definition) is 3. The van der Waals surface area contributed by atoms with E-state index in [0.717, 1.165) is 36.4 Å². The molecule has 3 aromatic carbocycles. The number of hydrogen-bond donors (Lipinski definition) is 0. The van der Waals surface area contributed by atoms with Gasteiger partial charge in [-0.05, 0) is 72.7 Å². The fourth-order valence-electron chi connectivity index (χ4n) is 4.63. The Hall–Kier alpha value is -2.30. The predicted octanol–water partition coefficient (Wildman–Crippen LogP) is 7.55. The van der Waals surface area contributed by atoms with E-state index in [1.54, 1.807) is 0 Å². The minimum Gasteiger partial charge on any atom is -0.489 e. The third-order valence-electron chi connectivity index (χ3n) is 6.68. The Morgan fingerprint density at radius 1 is 0.882 bits per heavy atom. The Morgan fingerprint density at radius 2 is 1.56 bits per heavy atom. The second kappa shape index (κ2) is 12.4. The van der Waals surface area contributed by atoms with Crippen LogP contribution in [-0.4, -0.2) is 30.6 Å². The normalized spacial score (nSPS) is 14.9. The predicted molar refractivity (Wildman–Crippen MR) is 146 cm³/mol. The van der Waals surface area contributed by atoms with Gasteiger partial charge >= 0.3 is 0 Å². The lowest BCUT2D eigenvalue weighted by atomic mass is 10.00. The number of likely N-dealkylation sites (tertiary alicyclic amines) is 1. The number of halogens is 1. The van der Waals surface area contributed by atoms with E-state index < -0.39 is 0 Å². The number of ether oxygens (including phenoxy) is 1. The maximum absolute atomic E-state index is 6.02. The standard InChI is InChI=1S/C30H37BrN2O/c1-24(2)16-21-33(28-12-14-30(15-13-28)34-23-26-6-4-3-5-7-26)29-17-19-32(20-18-29)22-25-8-10-27(31)11-9-25/h3-15,24,29H,16-23H2,1-2H3. The molecule has 180 valence electrons. The first kappa shape index (κ1) is 24.8. The van der Waals surface area contributed by atoms with Crippen molar-refractivity contribution >= 4 is 21.6 Å². The number of nitrogens with zero attached hydrogens (tertiary/aromatic N) is 2. The van der Waals surface area contributed by atoms with Gasteiger partial charge in [-0.15, -0.1) is 0 Å². The number of piperidine rings is 1. The molecule has 1 heterocycles. The van der Waals surface area contributed by atoms with Gasteiger partial charge in [-0.3, -0.25) is 4.90 Å². The molecular weight excluding hydrogens is 484 g/mol. The molecular formula is C30H37BrN2O. The molecule has 0 spiro atoms. The average Bonchev–Trinajstić information content (AvgIpc) is 2.86. The van der Waals surface area contributed by atoms with Gasteiger partial charge in [-0.1, -0.05) is 72.2 Å². The molecule has 0 radical (unpaired) electrons. The van der Waals surface area contributed by atoms with E-state index in [1.165, 1.54) is 36.1 Å². The van der Waals surface area contributed by atoms with Crippen molar-refractivity contribution in [2.45, 2.75) is 52.3 Å². The minimum atomic E-state index is 0.594. The fraction of sp³-hybridized carbons (Fsp3) is 0.400. The zero-order valence-corrected chi connectivity index (χ0v) is 22.1. The van der Waals surface area contributed by atoms with Gasteiger partial charge in [0.2, 0.25) is 0 Å². The van der Waals surface area contributed by atoms with Gasteiger partial charge in [0.15, 0.2) is 0 Å². The second-order valence-electron chi connectivity index (χ2n) is 9.78. The lowest BCUT2D eigenvalue weighted by Crippen LogP contribution is -2.45. The summed E-state index contributed by atoms with van der Waals surface area (Å²) in [6, 6.07) is 28.4. The Labute approximate surface area is 213 Å². The van der Waals surface area contributed by atoms with Crippen molar-refractivity contribution < 1.29 is 4.74 Å². The lowest BCUT2D eigenvalue weighted by Gasteiger charge is -2.40. The van der Waals surface area contributed by atoms with Crippen LogP contribution in [0, 0.1) is 5.92 Å². The van der Waals surface area contributed by atoms with Gasteiger partial charge in [0.05, 0.1) is 0 Å². The van der Waals surface area contributed by atoms with Gasteiger partial charge in [-0.2, -0.15) is 0 Å². The lowest BCUT2D eigenvalue weighted by molar-refractivity contribution is 0.200. The van der Waals surface area contributed by atoms with Gasteiger partial charge in [0.25, 0.3) is 0 Å². The highest BCUT2D eigenvalue weighted by Gasteiger charge is 2.25. The van der Waals surface area contributed by atoms with E-state index >= 15 is 0 Å². The Kier molecular flexibility index (Phi) is 9.06. The van der Waals surface area contributed by atoms with Crippen LogP contribution < -0.4 is 9.64 Å². The summed E-state index contributed by atoms with van der Waals surface area (Å²) in [6.45, 7) is 9.69. The molecule has 1 aliphatic heterocycles. The summed E-state index contributed by atoms with van der Waals surface area (Å²) in [4.78, 5) is 5.25. The van der Waals surface area contributed by atoms with E-state index in [2.05, 4.69) is 112 Å². The highest BCUT2D eigenvalue weighted by Crippen LogP contribution is 2.28. The monoisotopic (exact) mass is 520 g/mol. The van der Waals surface area contributed by atoms with E-state index in [1.807, 2.05) is 6.07 Å². The fourth-order valence-corrected chi connectivity index (χ4v) is 4.90. The van der Waals surface area contributed by atoms with Crippen LogP contribution in [0.1, 0.15) is 44.2 Å². The van der Waals surface area contributed by atoms with Crippen LogP contribution in [0.3, 0.4) is 0 Å². The van der Waals surface area contributed by atoms with Crippen molar-refractivity contribution in [2.24, 2.45) is 5.92 Å². The first-order chi connectivity index (χ1) is 16.6. The van der Waals surface area contributed by atoms with Crippen LogP contribution in [0.2, 0.25) is 0 Å². The maximum Gasteiger partial charge on any atom is 0.119 e. The van der Waals surface area contributed by atoms with Crippen LogP contribution in [0.25, 0.3) is 0 Å². The summed E-state index contributed by atoms with van der Waals surface area (Å²) >= 11 is 3.54. The van der Waals surface area contributed by atoms with Crippen molar-refractivity contribution in [2.75, 3.05) is 24.5 Å². The average molecular weight is 522 g/mol. The first-order valence-electron chi connectivity index (χ1n) is 12.6. The maximum atomic E-state index is 6.02. The van der Waals surface area contributed by atoms with Crippen LogP contribution in [0.5, 0.6) is 5.75 Å². The molecule has 0 saturated carbocycles. The summed E-state index contributed by atoms with van der Waals surface area (Å²) in [5, 5.41) is 0. The Balaban J connectivity index is 1.36. The van der Waals surface area contributed by atoms with E-state index in [9.17, 15) is 0 Å². The molecule has 0 bridgehead atoms. The highest BCUT2D eigenvalue weighted by molar-refractivity contribution is 9.10. The first-order valence-corrected chi connectivity index (χ1v) is 13.4.